The van der Waals surface area contributed by atoms with E-state index in [-0.39, 0.29) is 11.5 Å². The normalized spacial score (nSPS) is 14.9. The van der Waals surface area contributed by atoms with E-state index in [4.69, 9.17) is 4.74 Å². The van der Waals surface area contributed by atoms with Gasteiger partial charge in [0.15, 0.2) is 11.6 Å². The lowest BCUT2D eigenvalue weighted by Gasteiger charge is -2.26. The van der Waals surface area contributed by atoms with Crippen molar-refractivity contribution in [2.24, 2.45) is 0 Å². The van der Waals surface area contributed by atoms with Crippen LogP contribution in [0.1, 0.15) is 32.1 Å². The largest absolute Gasteiger partial charge is 0.481 e. The second kappa shape index (κ2) is 9.45. The molecule has 1 N–H and O–H groups in total. The molecule has 0 aliphatic carbocycles. The van der Waals surface area contributed by atoms with Gasteiger partial charge < -0.3 is 9.64 Å². The number of carbonyl (C=O) groups excluding carboxylic acids is 1. The maximum Gasteiger partial charge on any atom is 0.215 e. The molecule has 2 aromatic heterocycles. The lowest BCUT2D eigenvalue weighted by atomic mass is 10.1. The van der Waals surface area contributed by atoms with Crippen molar-refractivity contribution >= 4 is 12.2 Å². The smallest absolute Gasteiger partial charge is 0.215 e. The summed E-state index contributed by atoms with van der Waals surface area (Å²) in [6.07, 6.45) is 7.79. The van der Waals surface area contributed by atoms with Crippen LogP contribution in [-0.4, -0.2) is 59.8 Å². The molecule has 0 aromatic carbocycles. The number of amides is 1. The first kappa shape index (κ1) is 19.3. The Morgan fingerprint density at radius 2 is 2.11 bits per heavy atom. The molecule has 3 rings (SSSR count). The van der Waals surface area contributed by atoms with E-state index in [0.29, 0.717) is 24.4 Å². The van der Waals surface area contributed by atoms with Gasteiger partial charge in [0.25, 0.3) is 0 Å². The lowest BCUT2D eigenvalue weighted by molar-refractivity contribution is -0.107. The molecular formula is C19H26FN5O2. The van der Waals surface area contributed by atoms with Crippen LogP contribution in [0.3, 0.4) is 0 Å². The minimum atomic E-state index is -0.551. The second-order valence-corrected chi connectivity index (χ2v) is 6.73. The van der Waals surface area contributed by atoms with Gasteiger partial charge in [-0.3, -0.25) is 14.8 Å². The van der Waals surface area contributed by atoms with E-state index in [2.05, 4.69) is 20.1 Å². The van der Waals surface area contributed by atoms with Crippen molar-refractivity contribution in [3.05, 3.63) is 24.1 Å². The number of rotatable bonds is 9. The van der Waals surface area contributed by atoms with Gasteiger partial charge in [0.2, 0.25) is 12.3 Å². The number of halogens is 1. The van der Waals surface area contributed by atoms with Gasteiger partial charge in [0.05, 0.1) is 7.11 Å². The number of aromatic nitrogens is 3. The zero-order valence-electron chi connectivity index (χ0n) is 15.7. The fraction of sp³-hybridized carbons (Fsp3) is 0.526. The third kappa shape index (κ3) is 4.82. The Hall–Kier alpha value is -2.48. The summed E-state index contributed by atoms with van der Waals surface area (Å²) < 4.78 is 19.8. The maximum atomic E-state index is 14.8. The van der Waals surface area contributed by atoms with Gasteiger partial charge in [0.1, 0.15) is 5.69 Å². The van der Waals surface area contributed by atoms with Crippen molar-refractivity contribution in [3.63, 3.8) is 0 Å². The predicted molar refractivity (Wildman–Crippen MR) is 101 cm³/mol. The average molecular weight is 375 g/mol. The van der Waals surface area contributed by atoms with Crippen molar-refractivity contribution < 1.29 is 13.9 Å². The SMILES string of the molecule is COc1ccc(-c2n[nH]c(N(C=O)CCCCN3CCCCC3)c2F)cn1. The molecule has 146 valence electrons. The van der Waals surface area contributed by atoms with Gasteiger partial charge in [-0.2, -0.15) is 5.10 Å². The monoisotopic (exact) mass is 375 g/mol. The van der Waals surface area contributed by atoms with E-state index in [1.165, 1.54) is 37.5 Å². The molecule has 2 aromatic rings. The molecule has 27 heavy (non-hydrogen) atoms. The first-order valence-electron chi connectivity index (χ1n) is 9.41. The standard InChI is InChI=1S/C19H26FN5O2/c1-27-16-8-7-15(13-21-16)18-17(20)19(23-22-18)25(14-26)12-6-5-11-24-9-3-2-4-10-24/h7-8,13-14H,2-6,9-12H2,1H3,(H,22,23). The highest BCUT2D eigenvalue weighted by Gasteiger charge is 2.20. The second-order valence-electron chi connectivity index (χ2n) is 6.73. The number of aromatic amines is 1. The number of carbonyl (C=O) groups is 1. The quantitative estimate of drug-likeness (QED) is 0.539. The number of nitrogens with zero attached hydrogens (tertiary/aromatic N) is 4. The van der Waals surface area contributed by atoms with Crippen LogP contribution in [0, 0.1) is 5.82 Å². The van der Waals surface area contributed by atoms with Crippen molar-refractivity contribution in [2.45, 2.75) is 32.1 Å². The van der Waals surface area contributed by atoms with Crippen LogP contribution in [-0.2, 0) is 4.79 Å². The van der Waals surface area contributed by atoms with Crippen LogP contribution in [0.15, 0.2) is 18.3 Å². The predicted octanol–water partition coefficient (Wildman–Crippen LogP) is 2.85. The number of anilines is 1. The molecule has 0 saturated carbocycles. The Labute approximate surface area is 158 Å². The number of hydrogen-bond acceptors (Lipinski definition) is 5. The van der Waals surface area contributed by atoms with Gasteiger partial charge >= 0.3 is 0 Å². The van der Waals surface area contributed by atoms with E-state index in [1.807, 2.05) is 0 Å². The summed E-state index contributed by atoms with van der Waals surface area (Å²) in [7, 11) is 1.52. The fourth-order valence-electron chi connectivity index (χ4n) is 3.36. The average Bonchev–Trinajstić information content (AvgIpc) is 3.10. The molecule has 1 aliphatic heterocycles. The maximum absolute atomic E-state index is 14.8. The molecule has 0 spiro atoms. The Bertz CT molecular complexity index is 728. The summed E-state index contributed by atoms with van der Waals surface area (Å²) in [4.78, 5) is 19.3. The highest BCUT2D eigenvalue weighted by Crippen LogP contribution is 2.27. The topological polar surface area (TPSA) is 74.3 Å². The number of unbranched alkanes of at least 4 members (excludes halogenated alkanes) is 1. The van der Waals surface area contributed by atoms with Crippen molar-refractivity contribution in [3.8, 4) is 17.1 Å². The summed E-state index contributed by atoms with van der Waals surface area (Å²) >= 11 is 0. The highest BCUT2D eigenvalue weighted by atomic mass is 19.1. The molecule has 1 amide bonds. The van der Waals surface area contributed by atoms with Crippen LogP contribution in [0.25, 0.3) is 11.3 Å². The zero-order valence-corrected chi connectivity index (χ0v) is 15.7. The van der Waals surface area contributed by atoms with Crippen molar-refractivity contribution in [1.29, 1.82) is 0 Å². The summed E-state index contributed by atoms with van der Waals surface area (Å²) in [5.41, 5.74) is 0.659. The molecule has 3 heterocycles. The van der Waals surface area contributed by atoms with Crippen LogP contribution in [0.4, 0.5) is 10.2 Å². The van der Waals surface area contributed by atoms with E-state index < -0.39 is 5.82 Å². The van der Waals surface area contributed by atoms with E-state index in [1.54, 1.807) is 12.1 Å². The van der Waals surface area contributed by atoms with Gasteiger partial charge in [-0.1, -0.05) is 6.42 Å². The summed E-state index contributed by atoms with van der Waals surface area (Å²) in [5, 5.41) is 6.67. The molecular weight excluding hydrogens is 349 g/mol. The number of ether oxygens (including phenoxy) is 1. The van der Waals surface area contributed by atoms with Gasteiger partial charge in [0, 0.05) is 24.4 Å². The molecule has 1 saturated heterocycles. The zero-order chi connectivity index (χ0) is 19.1. The first-order valence-corrected chi connectivity index (χ1v) is 9.41. The third-order valence-electron chi connectivity index (χ3n) is 4.89. The number of pyridine rings is 1. The summed E-state index contributed by atoms with van der Waals surface area (Å²) in [5.74, 6) is -0.0166. The fourth-order valence-corrected chi connectivity index (χ4v) is 3.36. The number of methoxy groups -OCH3 is 1. The summed E-state index contributed by atoms with van der Waals surface area (Å²) in [6, 6.07) is 3.32. The minimum Gasteiger partial charge on any atom is -0.481 e. The molecule has 0 bridgehead atoms. The number of hydrogen-bond donors (Lipinski definition) is 1. The number of piperidine rings is 1. The molecule has 1 aliphatic rings. The van der Waals surface area contributed by atoms with E-state index in [0.717, 1.165) is 32.5 Å². The minimum absolute atomic E-state index is 0.0915. The number of likely N-dealkylation sites (tertiary alicyclic amines) is 1. The Kier molecular flexibility index (Phi) is 6.75. The molecule has 0 atom stereocenters. The molecule has 7 nitrogen and oxygen atoms in total. The van der Waals surface area contributed by atoms with Gasteiger partial charge in [-0.05, 0) is 51.4 Å². The Balaban J connectivity index is 1.58. The Morgan fingerprint density at radius 3 is 2.78 bits per heavy atom. The highest BCUT2D eigenvalue weighted by molar-refractivity contribution is 5.76. The molecule has 8 heteroatoms. The van der Waals surface area contributed by atoms with Crippen molar-refractivity contribution in [2.75, 3.05) is 38.2 Å². The van der Waals surface area contributed by atoms with E-state index >= 15 is 0 Å². The third-order valence-corrected chi connectivity index (χ3v) is 4.89. The van der Waals surface area contributed by atoms with E-state index in [9.17, 15) is 9.18 Å². The number of H-pyrrole nitrogens is 1. The van der Waals surface area contributed by atoms with Gasteiger partial charge in [-0.25, -0.2) is 9.37 Å². The van der Waals surface area contributed by atoms with Crippen LogP contribution in [0.5, 0.6) is 5.88 Å². The molecule has 0 unspecified atom stereocenters. The Morgan fingerprint density at radius 1 is 1.30 bits per heavy atom. The van der Waals surface area contributed by atoms with Gasteiger partial charge in [-0.15, -0.1) is 0 Å². The van der Waals surface area contributed by atoms with Crippen molar-refractivity contribution in [1.82, 2.24) is 20.1 Å². The molecule has 1 fully saturated rings. The van der Waals surface area contributed by atoms with Crippen LogP contribution in [0.2, 0.25) is 0 Å². The number of nitrogens with one attached hydrogen (secondary N) is 1. The molecule has 0 radical (unpaired) electrons. The summed E-state index contributed by atoms with van der Waals surface area (Å²) in [6.45, 7) is 3.80. The van der Waals surface area contributed by atoms with Crippen LogP contribution >= 0.6 is 0 Å². The first-order chi connectivity index (χ1) is 13.2. The van der Waals surface area contributed by atoms with Crippen LogP contribution < -0.4 is 9.64 Å². The lowest BCUT2D eigenvalue weighted by Crippen LogP contribution is -2.31.